The van der Waals surface area contributed by atoms with Gasteiger partial charge in [-0.15, -0.1) is 0 Å². The van der Waals surface area contributed by atoms with Crippen LogP contribution in [0.5, 0.6) is 23.0 Å². The minimum absolute atomic E-state index is 0.0837. The van der Waals surface area contributed by atoms with E-state index >= 15 is 0 Å². The number of hydrogen-bond acceptors (Lipinski definition) is 8. The molecule has 27 heavy (non-hydrogen) atoms. The SMILES string of the molecule is CC(NCc1nc(-c2ccc3c(c2)OCO3)no1)c1ccc2c(c1)OCO2. The van der Waals surface area contributed by atoms with Crippen molar-refractivity contribution in [2.24, 2.45) is 0 Å². The molecule has 1 unspecified atom stereocenters. The lowest BCUT2D eigenvalue weighted by molar-refractivity contribution is 0.173. The molecule has 8 heteroatoms. The number of nitrogens with one attached hydrogen (secondary N) is 1. The Labute approximate surface area is 155 Å². The summed E-state index contributed by atoms with van der Waals surface area (Å²) in [7, 11) is 0. The van der Waals surface area contributed by atoms with Gasteiger partial charge in [-0.2, -0.15) is 4.98 Å². The molecule has 0 radical (unpaired) electrons. The number of hydrogen-bond donors (Lipinski definition) is 1. The molecule has 0 spiro atoms. The first-order chi connectivity index (χ1) is 13.3. The van der Waals surface area contributed by atoms with Crippen LogP contribution in [0.15, 0.2) is 40.9 Å². The fraction of sp³-hybridized carbons (Fsp3) is 0.263. The second-order valence-electron chi connectivity index (χ2n) is 6.30. The van der Waals surface area contributed by atoms with Gasteiger partial charge in [0.25, 0.3) is 0 Å². The van der Waals surface area contributed by atoms with Gasteiger partial charge in [0.05, 0.1) is 6.54 Å². The first-order valence-corrected chi connectivity index (χ1v) is 8.62. The Balaban J connectivity index is 1.25. The van der Waals surface area contributed by atoms with Crippen LogP contribution in [0.4, 0.5) is 0 Å². The zero-order chi connectivity index (χ0) is 18.2. The standard InChI is InChI=1S/C19H17N3O5/c1-11(12-2-4-14-16(6-12)25-9-23-14)20-8-18-21-19(22-27-18)13-3-5-15-17(7-13)26-10-24-15/h2-7,11,20H,8-10H2,1H3. The second-order valence-corrected chi connectivity index (χ2v) is 6.30. The molecule has 0 saturated carbocycles. The van der Waals surface area contributed by atoms with Gasteiger partial charge < -0.3 is 28.8 Å². The van der Waals surface area contributed by atoms with Gasteiger partial charge >= 0.3 is 0 Å². The Morgan fingerprint density at radius 2 is 1.63 bits per heavy atom. The Morgan fingerprint density at radius 3 is 2.44 bits per heavy atom. The molecule has 3 heterocycles. The number of benzene rings is 2. The van der Waals surface area contributed by atoms with Crippen LogP contribution >= 0.6 is 0 Å². The molecule has 0 aliphatic carbocycles. The smallest absolute Gasteiger partial charge is 0.240 e. The van der Waals surface area contributed by atoms with Gasteiger partial charge in [0.1, 0.15) is 0 Å². The normalized spacial score (nSPS) is 15.1. The molecule has 0 fully saturated rings. The molecule has 5 rings (SSSR count). The summed E-state index contributed by atoms with van der Waals surface area (Å²) in [5.74, 6) is 3.98. The van der Waals surface area contributed by atoms with Gasteiger partial charge in [0.2, 0.25) is 25.3 Å². The first-order valence-electron chi connectivity index (χ1n) is 8.62. The molecule has 2 aliphatic rings. The van der Waals surface area contributed by atoms with E-state index in [4.69, 9.17) is 23.5 Å². The lowest BCUT2D eigenvalue weighted by Gasteiger charge is -2.13. The highest BCUT2D eigenvalue weighted by Crippen LogP contribution is 2.35. The van der Waals surface area contributed by atoms with Gasteiger partial charge in [-0.1, -0.05) is 11.2 Å². The molecule has 1 atom stereocenters. The number of ether oxygens (including phenoxy) is 4. The van der Waals surface area contributed by atoms with Crippen LogP contribution < -0.4 is 24.3 Å². The zero-order valence-corrected chi connectivity index (χ0v) is 14.6. The Hall–Kier alpha value is -3.26. The Bertz CT molecular complexity index is 987. The van der Waals surface area contributed by atoms with Crippen LogP contribution in [0.1, 0.15) is 24.4 Å². The average molecular weight is 367 g/mol. The number of fused-ring (bicyclic) bond motifs is 2. The van der Waals surface area contributed by atoms with Crippen LogP contribution in [0.25, 0.3) is 11.4 Å². The monoisotopic (exact) mass is 367 g/mol. The number of nitrogens with zero attached hydrogens (tertiary/aromatic N) is 2. The molecule has 0 saturated heterocycles. The Kier molecular flexibility index (Phi) is 3.83. The van der Waals surface area contributed by atoms with Crippen molar-refractivity contribution in [3.05, 3.63) is 47.9 Å². The summed E-state index contributed by atoms with van der Waals surface area (Å²) in [4.78, 5) is 4.45. The van der Waals surface area contributed by atoms with Crippen molar-refractivity contribution in [3.63, 3.8) is 0 Å². The fourth-order valence-electron chi connectivity index (χ4n) is 3.02. The summed E-state index contributed by atoms with van der Waals surface area (Å²) in [6.07, 6.45) is 0. The van der Waals surface area contributed by atoms with Crippen molar-refractivity contribution < 1.29 is 23.5 Å². The van der Waals surface area contributed by atoms with E-state index in [-0.39, 0.29) is 19.6 Å². The van der Waals surface area contributed by atoms with Crippen LogP contribution in [-0.2, 0) is 6.54 Å². The summed E-state index contributed by atoms with van der Waals surface area (Å²) in [5, 5.41) is 7.43. The van der Waals surface area contributed by atoms with Crippen LogP contribution in [-0.4, -0.2) is 23.7 Å². The summed E-state index contributed by atoms with van der Waals surface area (Å²) >= 11 is 0. The summed E-state index contributed by atoms with van der Waals surface area (Å²) in [5.41, 5.74) is 1.91. The molecule has 2 aliphatic heterocycles. The lowest BCUT2D eigenvalue weighted by atomic mass is 10.1. The highest BCUT2D eigenvalue weighted by Gasteiger charge is 2.18. The third-order valence-electron chi connectivity index (χ3n) is 4.55. The van der Waals surface area contributed by atoms with E-state index in [9.17, 15) is 0 Å². The molecule has 2 aromatic carbocycles. The van der Waals surface area contributed by atoms with Gasteiger partial charge in [-0.05, 0) is 42.8 Å². The minimum Gasteiger partial charge on any atom is -0.454 e. The molecule has 0 bridgehead atoms. The maximum atomic E-state index is 5.43. The lowest BCUT2D eigenvalue weighted by Crippen LogP contribution is -2.18. The molecular weight excluding hydrogens is 350 g/mol. The van der Waals surface area contributed by atoms with Gasteiger partial charge in [0, 0.05) is 11.6 Å². The van der Waals surface area contributed by atoms with Gasteiger partial charge in [-0.25, -0.2) is 0 Å². The first kappa shape index (κ1) is 16.0. The van der Waals surface area contributed by atoms with Crippen molar-refractivity contribution in [1.82, 2.24) is 15.5 Å². The van der Waals surface area contributed by atoms with E-state index in [1.807, 2.05) is 36.4 Å². The van der Waals surface area contributed by atoms with E-state index in [0.717, 1.165) is 28.4 Å². The number of rotatable bonds is 5. The summed E-state index contributed by atoms with van der Waals surface area (Å²) in [6, 6.07) is 11.6. The quantitative estimate of drug-likeness (QED) is 0.736. The van der Waals surface area contributed by atoms with Crippen molar-refractivity contribution >= 4 is 0 Å². The second kappa shape index (κ2) is 6.48. The maximum Gasteiger partial charge on any atom is 0.240 e. The topological polar surface area (TPSA) is 87.9 Å². The molecule has 3 aromatic rings. The molecule has 138 valence electrons. The summed E-state index contributed by atoms with van der Waals surface area (Å²) in [6.45, 7) is 3.02. The Morgan fingerprint density at radius 1 is 0.926 bits per heavy atom. The van der Waals surface area contributed by atoms with Crippen molar-refractivity contribution in [2.75, 3.05) is 13.6 Å². The van der Waals surface area contributed by atoms with E-state index in [1.165, 1.54) is 0 Å². The van der Waals surface area contributed by atoms with Crippen LogP contribution in [0, 0.1) is 0 Å². The largest absolute Gasteiger partial charge is 0.454 e. The van der Waals surface area contributed by atoms with Gasteiger partial charge in [-0.3, -0.25) is 0 Å². The molecule has 0 amide bonds. The van der Waals surface area contributed by atoms with Crippen molar-refractivity contribution in [2.45, 2.75) is 19.5 Å². The zero-order valence-electron chi connectivity index (χ0n) is 14.6. The van der Waals surface area contributed by atoms with Crippen LogP contribution in [0.2, 0.25) is 0 Å². The fourth-order valence-corrected chi connectivity index (χ4v) is 3.02. The van der Waals surface area contributed by atoms with Gasteiger partial charge in [0.15, 0.2) is 23.0 Å². The van der Waals surface area contributed by atoms with Crippen LogP contribution in [0.3, 0.4) is 0 Å². The molecule has 8 nitrogen and oxygen atoms in total. The van der Waals surface area contributed by atoms with E-state index in [2.05, 4.69) is 22.4 Å². The molecular formula is C19H17N3O5. The third-order valence-corrected chi connectivity index (χ3v) is 4.55. The predicted molar refractivity (Wildman–Crippen MR) is 93.7 cm³/mol. The molecule has 1 N–H and O–H groups in total. The third kappa shape index (κ3) is 3.04. The maximum absolute atomic E-state index is 5.43. The number of aromatic nitrogens is 2. The highest BCUT2D eigenvalue weighted by molar-refractivity contribution is 5.61. The van der Waals surface area contributed by atoms with E-state index in [1.54, 1.807) is 0 Å². The summed E-state index contributed by atoms with van der Waals surface area (Å²) < 4.78 is 26.8. The molecule has 1 aromatic heterocycles. The highest BCUT2D eigenvalue weighted by atomic mass is 16.7. The van der Waals surface area contributed by atoms with Crippen molar-refractivity contribution in [3.8, 4) is 34.4 Å². The van der Waals surface area contributed by atoms with E-state index < -0.39 is 0 Å². The minimum atomic E-state index is 0.0837. The van der Waals surface area contributed by atoms with Crippen molar-refractivity contribution in [1.29, 1.82) is 0 Å². The van der Waals surface area contributed by atoms with E-state index in [0.29, 0.717) is 24.0 Å². The predicted octanol–water partition coefficient (Wildman–Crippen LogP) is 3.04. The average Bonchev–Trinajstić information content (AvgIpc) is 3.44.